The van der Waals surface area contributed by atoms with E-state index >= 15 is 0 Å². The van der Waals surface area contributed by atoms with E-state index in [-0.39, 0.29) is 11.9 Å². The summed E-state index contributed by atoms with van der Waals surface area (Å²) in [5, 5.41) is 3.05. The summed E-state index contributed by atoms with van der Waals surface area (Å²) < 4.78 is 0. The summed E-state index contributed by atoms with van der Waals surface area (Å²) >= 11 is 1.72. The minimum atomic E-state index is 0.0717. The molecule has 0 radical (unpaired) electrons. The predicted molar refractivity (Wildman–Crippen MR) is 86.9 cm³/mol. The standard InChI is InChI=1S/C16H26N2OS/c1-13(14-8-10-15(20-2)11-9-14)18-16(19)7-5-3-4-6-12-17/h8-11,13H,3-7,12,17H2,1-2H3,(H,18,19). The zero-order valence-electron chi connectivity index (χ0n) is 12.5. The number of benzene rings is 1. The van der Waals surface area contributed by atoms with Crippen LogP contribution in [0.2, 0.25) is 0 Å². The van der Waals surface area contributed by atoms with Gasteiger partial charge in [-0.05, 0) is 50.3 Å². The minimum absolute atomic E-state index is 0.0717. The molecule has 20 heavy (non-hydrogen) atoms. The molecule has 0 aliphatic carbocycles. The maximum atomic E-state index is 11.8. The lowest BCUT2D eigenvalue weighted by molar-refractivity contribution is -0.121. The molecule has 0 aliphatic heterocycles. The van der Waals surface area contributed by atoms with Crippen LogP contribution in [0.25, 0.3) is 0 Å². The lowest BCUT2D eigenvalue weighted by Gasteiger charge is -2.14. The van der Waals surface area contributed by atoms with E-state index in [1.165, 1.54) is 4.90 Å². The highest BCUT2D eigenvalue weighted by Crippen LogP contribution is 2.19. The molecule has 0 heterocycles. The van der Waals surface area contributed by atoms with Crippen molar-refractivity contribution in [1.29, 1.82) is 0 Å². The van der Waals surface area contributed by atoms with E-state index in [1.54, 1.807) is 11.8 Å². The number of thioether (sulfide) groups is 1. The summed E-state index contributed by atoms with van der Waals surface area (Å²) in [5.74, 6) is 0.138. The number of unbranched alkanes of at least 4 members (excludes halogenated alkanes) is 3. The van der Waals surface area contributed by atoms with Gasteiger partial charge < -0.3 is 11.1 Å². The highest BCUT2D eigenvalue weighted by atomic mass is 32.2. The van der Waals surface area contributed by atoms with Crippen molar-refractivity contribution in [2.45, 2.75) is 50.0 Å². The van der Waals surface area contributed by atoms with Gasteiger partial charge >= 0.3 is 0 Å². The molecule has 1 atom stereocenters. The van der Waals surface area contributed by atoms with Crippen molar-refractivity contribution in [3.8, 4) is 0 Å². The van der Waals surface area contributed by atoms with E-state index < -0.39 is 0 Å². The molecular weight excluding hydrogens is 268 g/mol. The molecule has 1 aromatic rings. The van der Waals surface area contributed by atoms with E-state index in [2.05, 4.69) is 35.8 Å². The molecule has 3 nitrogen and oxygen atoms in total. The number of nitrogens with two attached hydrogens (primary N) is 1. The van der Waals surface area contributed by atoms with Crippen molar-refractivity contribution in [3.05, 3.63) is 29.8 Å². The second-order valence-electron chi connectivity index (χ2n) is 5.02. The van der Waals surface area contributed by atoms with Crippen LogP contribution in [0.3, 0.4) is 0 Å². The predicted octanol–water partition coefficient (Wildman–Crippen LogP) is 3.49. The van der Waals surface area contributed by atoms with Gasteiger partial charge in [-0.3, -0.25) is 4.79 Å². The van der Waals surface area contributed by atoms with E-state index in [0.29, 0.717) is 6.42 Å². The van der Waals surface area contributed by atoms with Gasteiger partial charge in [0.2, 0.25) is 5.91 Å². The molecule has 1 unspecified atom stereocenters. The van der Waals surface area contributed by atoms with Crippen LogP contribution in [0, 0.1) is 0 Å². The summed E-state index contributed by atoms with van der Waals surface area (Å²) in [6.45, 7) is 2.77. The monoisotopic (exact) mass is 294 g/mol. The fraction of sp³-hybridized carbons (Fsp3) is 0.562. The summed E-state index contributed by atoms with van der Waals surface area (Å²) in [4.78, 5) is 13.1. The number of hydrogen-bond acceptors (Lipinski definition) is 3. The van der Waals surface area contributed by atoms with Crippen molar-refractivity contribution in [1.82, 2.24) is 5.32 Å². The Kier molecular flexibility index (Phi) is 8.38. The van der Waals surface area contributed by atoms with Crippen LogP contribution < -0.4 is 11.1 Å². The zero-order valence-corrected chi connectivity index (χ0v) is 13.3. The van der Waals surface area contributed by atoms with Crippen molar-refractivity contribution >= 4 is 17.7 Å². The van der Waals surface area contributed by atoms with Crippen LogP contribution in [0.5, 0.6) is 0 Å². The van der Waals surface area contributed by atoms with Crippen LogP contribution in [-0.4, -0.2) is 18.7 Å². The Bertz CT molecular complexity index is 392. The Morgan fingerprint density at radius 3 is 2.45 bits per heavy atom. The maximum absolute atomic E-state index is 11.8. The molecule has 1 amide bonds. The van der Waals surface area contributed by atoms with Crippen LogP contribution >= 0.6 is 11.8 Å². The number of nitrogens with one attached hydrogen (secondary N) is 1. The van der Waals surface area contributed by atoms with Gasteiger partial charge in [0.1, 0.15) is 0 Å². The van der Waals surface area contributed by atoms with Gasteiger partial charge in [0.15, 0.2) is 0 Å². The average molecular weight is 294 g/mol. The number of amides is 1. The molecule has 0 bridgehead atoms. The quantitative estimate of drug-likeness (QED) is 0.541. The third-order valence-corrected chi connectivity index (χ3v) is 4.09. The first-order valence-corrected chi connectivity index (χ1v) is 8.53. The zero-order chi connectivity index (χ0) is 14.8. The molecule has 0 saturated carbocycles. The molecule has 3 N–H and O–H groups in total. The highest BCUT2D eigenvalue weighted by Gasteiger charge is 2.09. The van der Waals surface area contributed by atoms with Gasteiger partial charge in [-0.2, -0.15) is 0 Å². The molecule has 0 saturated heterocycles. The first-order valence-electron chi connectivity index (χ1n) is 7.30. The Balaban J connectivity index is 2.29. The molecule has 0 aromatic heterocycles. The Hall–Kier alpha value is -1.00. The van der Waals surface area contributed by atoms with Crippen LogP contribution in [0.1, 0.15) is 50.6 Å². The SMILES string of the molecule is CSc1ccc(C(C)NC(=O)CCCCCCN)cc1. The van der Waals surface area contributed by atoms with Crippen molar-refractivity contribution < 1.29 is 4.79 Å². The molecule has 1 rings (SSSR count). The van der Waals surface area contributed by atoms with Crippen molar-refractivity contribution in [2.24, 2.45) is 5.73 Å². The van der Waals surface area contributed by atoms with Crippen LogP contribution in [0.4, 0.5) is 0 Å². The average Bonchev–Trinajstić information content (AvgIpc) is 2.47. The molecule has 0 spiro atoms. The number of hydrogen-bond donors (Lipinski definition) is 2. The van der Waals surface area contributed by atoms with Gasteiger partial charge in [-0.15, -0.1) is 11.8 Å². The van der Waals surface area contributed by atoms with Crippen LogP contribution in [0.15, 0.2) is 29.2 Å². The molecule has 0 aliphatic rings. The second kappa shape index (κ2) is 9.83. The lowest BCUT2D eigenvalue weighted by Crippen LogP contribution is -2.26. The number of carbonyl (C=O) groups excluding carboxylic acids is 1. The Morgan fingerprint density at radius 1 is 1.20 bits per heavy atom. The highest BCUT2D eigenvalue weighted by molar-refractivity contribution is 7.98. The van der Waals surface area contributed by atoms with E-state index in [4.69, 9.17) is 5.73 Å². The van der Waals surface area contributed by atoms with Gasteiger partial charge in [0, 0.05) is 11.3 Å². The summed E-state index contributed by atoms with van der Waals surface area (Å²) in [7, 11) is 0. The molecular formula is C16H26N2OS. The third-order valence-electron chi connectivity index (χ3n) is 3.35. The topological polar surface area (TPSA) is 55.1 Å². The maximum Gasteiger partial charge on any atom is 0.220 e. The normalized spacial score (nSPS) is 12.2. The summed E-state index contributed by atoms with van der Waals surface area (Å²) in [6, 6.07) is 8.42. The van der Waals surface area contributed by atoms with Crippen molar-refractivity contribution in [2.75, 3.05) is 12.8 Å². The van der Waals surface area contributed by atoms with E-state index in [0.717, 1.165) is 37.8 Å². The largest absolute Gasteiger partial charge is 0.350 e. The number of rotatable bonds is 9. The summed E-state index contributed by atoms with van der Waals surface area (Å²) in [5.41, 5.74) is 6.59. The van der Waals surface area contributed by atoms with Gasteiger partial charge in [0.05, 0.1) is 6.04 Å². The Labute approximate surface area is 126 Å². The first kappa shape index (κ1) is 17.1. The minimum Gasteiger partial charge on any atom is -0.350 e. The number of carbonyl (C=O) groups is 1. The molecule has 4 heteroatoms. The molecule has 1 aromatic carbocycles. The Morgan fingerprint density at radius 2 is 1.85 bits per heavy atom. The first-order chi connectivity index (χ1) is 9.67. The fourth-order valence-corrected chi connectivity index (χ4v) is 2.48. The smallest absolute Gasteiger partial charge is 0.220 e. The third kappa shape index (κ3) is 6.44. The molecule has 0 fully saturated rings. The van der Waals surface area contributed by atoms with E-state index in [9.17, 15) is 4.79 Å². The lowest BCUT2D eigenvalue weighted by atomic mass is 10.1. The fourth-order valence-electron chi connectivity index (χ4n) is 2.07. The van der Waals surface area contributed by atoms with Crippen molar-refractivity contribution in [3.63, 3.8) is 0 Å². The van der Waals surface area contributed by atoms with E-state index in [1.807, 2.05) is 6.92 Å². The molecule has 112 valence electrons. The second-order valence-corrected chi connectivity index (χ2v) is 5.89. The van der Waals surface area contributed by atoms with Crippen LogP contribution in [-0.2, 0) is 4.79 Å². The van der Waals surface area contributed by atoms with Gasteiger partial charge in [-0.1, -0.05) is 25.0 Å². The summed E-state index contributed by atoms with van der Waals surface area (Å²) in [6.07, 6.45) is 6.88. The van der Waals surface area contributed by atoms with Gasteiger partial charge in [0.25, 0.3) is 0 Å². The van der Waals surface area contributed by atoms with Gasteiger partial charge in [-0.25, -0.2) is 0 Å².